The van der Waals surface area contributed by atoms with Gasteiger partial charge < -0.3 is 10.6 Å². The molecule has 0 radical (unpaired) electrons. The van der Waals surface area contributed by atoms with E-state index in [-0.39, 0.29) is 11.8 Å². The number of benzene rings is 1. The van der Waals surface area contributed by atoms with Crippen LogP contribution in [0.3, 0.4) is 0 Å². The van der Waals surface area contributed by atoms with Gasteiger partial charge in [0.15, 0.2) is 0 Å². The maximum atomic E-state index is 12.9. The first-order valence-corrected chi connectivity index (χ1v) is 10.1. The molecule has 1 aliphatic carbocycles. The zero-order chi connectivity index (χ0) is 20.0. The molecule has 7 heteroatoms. The van der Waals surface area contributed by atoms with E-state index in [0.717, 1.165) is 51.4 Å². The van der Waals surface area contributed by atoms with E-state index in [1.54, 1.807) is 12.1 Å². The number of nitrogens with one attached hydrogen (secondary N) is 2. The van der Waals surface area contributed by atoms with Crippen molar-refractivity contribution in [2.45, 2.75) is 46.5 Å². The van der Waals surface area contributed by atoms with Gasteiger partial charge in [0, 0.05) is 29.6 Å². The average Bonchev–Trinajstić information content (AvgIpc) is 3.41. The van der Waals surface area contributed by atoms with E-state index >= 15 is 0 Å². The molecule has 2 amide bonds. The number of nitrogens with zero attached hydrogens (tertiary/aromatic N) is 2. The van der Waals surface area contributed by atoms with Gasteiger partial charge in [-0.05, 0) is 62.9 Å². The second-order valence-corrected chi connectivity index (χ2v) is 8.34. The lowest BCUT2D eigenvalue weighted by Crippen LogP contribution is -2.12. The lowest BCUT2D eigenvalue weighted by molar-refractivity contribution is -0.114. The number of fused-ring (bicyclic) bond motifs is 1. The van der Waals surface area contributed by atoms with Gasteiger partial charge in [-0.25, -0.2) is 9.97 Å². The average molecular weight is 395 g/mol. The molecule has 3 aromatic rings. The summed E-state index contributed by atoms with van der Waals surface area (Å²) in [6.07, 6.45) is 2.30. The summed E-state index contributed by atoms with van der Waals surface area (Å²) in [5, 5.41) is 6.72. The first-order valence-electron chi connectivity index (χ1n) is 9.30. The fraction of sp³-hybridized carbons (Fsp3) is 0.333. The van der Waals surface area contributed by atoms with Crippen LogP contribution >= 0.6 is 11.3 Å². The van der Waals surface area contributed by atoms with Gasteiger partial charge in [-0.2, -0.15) is 0 Å². The normalized spacial score (nSPS) is 13.6. The summed E-state index contributed by atoms with van der Waals surface area (Å²) < 4.78 is 0. The maximum absolute atomic E-state index is 12.9. The number of carbonyl (C=O) groups is 2. The summed E-state index contributed by atoms with van der Waals surface area (Å²) in [5.41, 5.74) is 4.17. The highest BCUT2D eigenvalue weighted by Crippen LogP contribution is 2.40. The molecule has 1 fully saturated rings. The smallest absolute Gasteiger partial charge is 0.266 e. The molecule has 1 saturated carbocycles. The van der Waals surface area contributed by atoms with Crippen LogP contribution in [0.4, 0.5) is 11.4 Å². The van der Waals surface area contributed by atoms with Crippen LogP contribution in [0.15, 0.2) is 18.2 Å². The summed E-state index contributed by atoms with van der Waals surface area (Å²) in [4.78, 5) is 35.0. The van der Waals surface area contributed by atoms with Crippen molar-refractivity contribution in [2.24, 2.45) is 0 Å². The van der Waals surface area contributed by atoms with Crippen molar-refractivity contribution in [3.05, 3.63) is 45.7 Å². The summed E-state index contributed by atoms with van der Waals surface area (Å²) in [5.74, 6) is 1.11. The van der Waals surface area contributed by atoms with Crippen molar-refractivity contribution in [2.75, 3.05) is 10.6 Å². The van der Waals surface area contributed by atoms with Gasteiger partial charge in [0.05, 0.1) is 10.6 Å². The second kappa shape index (κ2) is 6.98. The Morgan fingerprint density at radius 3 is 2.50 bits per heavy atom. The van der Waals surface area contributed by atoms with E-state index in [0.29, 0.717) is 16.5 Å². The third-order valence-corrected chi connectivity index (χ3v) is 6.12. The molecule has 2 heterocycles. The Bertz CT molecular complexity index is 1120. The highest BCUT2D eigenvalue weighted by atomic mass is 32.1. The molecule has 6 nitrogen and oxygen atoms in total. The van der Waals surface area contributed by atoms with E-state index in [1.807, 2.05) is 26.8 Å². The number of rotatable bonds is 4. The zero-order valence-corrected chi connectivity index (χ0v) is 17.2. The Kier molecular flexibility index (Phi) is 4.63. The quantitative estimate of drug-likeness (QED) is 0.671. The molecule has 1 aromatic carbocycles. The van der Waals surface area contributed by atoms with Gasteiger partial charge in [0.25, 0.3) is 5.91 Å². The SMILES string of the molecule is CC(=O)Nc1ccc(NC(=O)c2sc3nc(C4CC4)nc(C)c3c2C)cc1C. The monoisotopic (exact) mass is 394 g/mol. The van der Waals surface area contributed by atoms with Crippen LogP contribution in [0.2, 0.25) is 0 Å². The Labute approximate surface area is 167 Å². The third kappa shape index (κ3) is 3.49. The minimum atomic E-state index is -0.153. The van der Waals surface area contributed by atoms with Crippen molar-refractivity contribution in [3.63, 3.8) is 0 Å². The van der Waals surface area contributed by atoms with Crippen molar-refractivity contribution in [3.8, 4) is 0 Å². The summed E-state index contributed by atoms with van der Waals surface area (Å²) >= 11 is 1.42. The lowest BCUT2D eigenvalue weighted by atomic mass is 10.1. The number of carbonyl (C=O) groups excluding carboxylic acids is 2. The molecular weight excluding hydrogens is 372 g/mol. The van der Waals surface area contributed by atoms with Crippen molar-refractivity contribution >= 4 is 44.7 Å². The van der Waals surface area contributed by atoms with Crippen LogP contribution in [0.5, 0.6) is 0 Å². The van der Waals surface area contributed by atoms with Gasteiger partial charge >= 0.3 is 0 Å². The highest BCUT2D eigenvalue weighted by molar-refractivity contribution is 7.20. The van der Waals surface area contributed by atoms with Gasteiger partial charge in [0.1, 0.15) is 10.7 Å². The number of aryl methyl sites for hydroxylation is 3. The van der Waals surface area contributed by atoms with Crippen LogP contribution in [0, 0.1) is 20.8 Å². The number of anilines is 2. The molecule has 1 aliphatic rings. The minimum absolute atomic E-state index is 0.122. The van der Waals surface area contributed by atoms with E-state index in [9.17, 15) is 9.59 Å². The van der Waals surface area contributed by atoms with E-state index in [4.69, 9.17) is 4.98 Å². The third-order valence-electron chi connectivity index (χ3n) is 4.93. The van der Waals surface area contributed by atoms with Crippen LogP contribution in [-0.2, 0) is 4.79 Å². The maximum Gasteiger partial charge on any atom is 0.266 e. The standard InChI is InChI=1S/C21H22N4O2S/c1-10-9-15(7-8-16(10)23-13(4)26)24-20(27)18-11(2)17-12(3)22-19(14-5-6-14)25-21(17)28-18/h7-9,14H,5-6H2,1-4H3,(H,23,26)(H,24,27). The molecule has 2 aromatic heterocycles. The number of hydrogen-bond donors (Lipinski definition) is 2. The molecule has 2 N–H and O–H groups in total. The van der Waals surface area contributed by atoms with Crippen molar-refractivity contribution < 1.29 is 9.59 Å². The number of hydrogen-bond acceptors (Lipinski definition) is 5. The predicted octanol–water partition coefficient (Wildman–Crippen LogP) is 4.70. The van der Waals surface area contributed by atoms with Crippen molar-refractivity contribution in [1.29, 1.82) is 0 Å². The van der Waals surface area contributed by atoms with Gasteiger partial charge in [-0.1, -0.05) is 0 Å². The first-order chi connectivity index (χ1) is 13.3. The van der Waals surface area contributed by atoms with Crippen LogP contribution in [0.25, 0.3) is 10.2 Å². The molecular formula is C21H22N4O2S. The number of amides is 2. The van der Waals surface area contributed by atoms with E-state index in [1.165, 1.54) is 18.3 Å². The van der Waals surface area contributed by atoms with Crippen LogP contribution in [0.1, 0.15) is 58.0 Å². The zero-order valence-electron chi connectivity index (χ0n) is 16.3. The Morgan fingerprint density at radius 2 is 1.86 bits per heavy atom. The largest absolute Gasteiger partial charge is 0.326 e. The molecule has 4 rings (SSSR count). The van der Waals surface area contributed by atoms with Crippen molar-refractivity contribution in [1.82, 2.24) is 9.97 Å². The molecule has 0 atom stereocenters. The summed E-state index contributed by atoms with van der Waals surface area (Å²) in [6, 6.07) is 5.43. The molecule has 144 valence electrons. The fourth-order valence-electron chi connectivity index (χ4n) is 3.36. The first kappa shape index (κ1) is 18.6. The molecule has 0 spiro atoms. The lowest BCUT2D eigenvalue weighted by Gasteiger charge is -2.10. The molecule has 28 heavy (non-hydrogen) atoms. The fourth-order valence-corrected chi connectivity index (χ4v) is 4.49. The number of aromatic nitrogens is 2. The Hall–Kier alpha value is -2.80. The Balaban J connectivity index is 1.62. The molecule has 0 aliphatic heterocycles. The molecule has 0 saturated heterocycles. The predicted molar refractivity (Wildman–Crippen MR) is 112 cm³/mol. The summed E-state index contributed by atoms with van der Waals surface area (Å²) in [6.45, 7) is 7.30. The molecule has 0 bridgehead atoms. The molecule has 0 unspecified atom stereocenters. The summed E-state index contributed by atoms with van der Waals surface area (Å²) in [7, 11) is 0. The van der Waals surface area contributed by atoms with Gasteiger partial charge in [-0.3, -0.25) is 9.59 Å². The van der Waals surface area contributed by atoms with E-state index < -0.39 is 0 Å². The Morgan fingerprint density at radius 1 is 1.11 bits per heavy atom. The minimum Gasteiger partial charge on any atom is -0.326 e. The van der Waals surface area contributed by atoms with Gasteiger partial charge in [-0.15, -0.1) is 11.3 Å². The van der Waals surface area contributed by atoms with Gasteiger partial charge in [0.2, 0.25) is 5.91 Å². The highest BCUT2D eigenvalue weighted by Gasteiger charge is 2.28. The van der Waals surface area contributed by atoms with E-state index in [2.05, 4.69) is 15.6 Å². The van der Waals surface area contributed by atoms with Crippen LogP contribution in [-0.4, -0.2) is 21.8 Å². The van der Waals surface area contributed by atoms with Crippen LogP contribution < -0.4 is 10.6 Å². The number of thiophene rings is 1. The second-order valence-electron chi connectivity index (χ2n) is 7.34. The topological polar surface area (TPSA) is 84.0 Å².